The van der Waals surface area contributed by atoms with Crippen LogP contribution in [0.4, 0.5) is 0 Å². The van der Waals surface area contributed by atoms with Gasteiger partial charge in [0.05, 0.1) is 6.61 Å². The molecule has 2 fully saturated rings. The van der Waals surface area contributed by atoms with E-state index in [1.54, 1.807) is 0 Å². The van der Waals surface area contributed by atoms with E-state index in [0.29, 0.717) is 12.8 Å². The maximum atomic E-state index is 9.96. The quantitative estimate of drug-likeness (QED) is 0.407. The summed E-state index contributed by atoms with van der Waals surface area (Å²) in [5.74, 6) is -0.868. The zero-order chi connectivity index (χ0) is 10.1. The van der Waals surface area contributed by atoms with Crippen LogP contribution < -0.4 is 11.5 Å². The molecular formula is C8H18AcN2O4. The van der Waals surface area contributed by atoms with Crippen molar-refractivity contribution in [2.75, 3.05) is 6.61 Å². The van der Waals surface area contributed by atoms with Crippen molar-refractivity contribution >= 4 is 5.97 Å². The first kappa shape index (κ1) is 18.1. The molecule has 0 saturated heterocycles. The smallest absolute Gasteiger partial charge is 0.323 e. The molecule has 0 aliphatic heterocycles. The summed E-state index contributed by atoms with van der Waals surface area (Å²) < 4.78 is 0. The average molecular weight is 433 g/mol. The molecule has 8 N–H and O–H groups in total. The molecule has 2 rings (SSSR count). The molecule has 0 amide bonds. The summed E-state index contributed by atoms with van der Waals surface area (Å²) in [6.07, 6.45) is 3.29. The minimum atomic E-state index is -0.868. The molecule has 0 spiro atoms. The molecule has 0 aromatic rings. The number of carboxylic acids is 1. The molecule has 2 aliphatic rings. The molecule has 1 radical (unpaired) electrons. The van der Waals surface area contributed by atoms with Gasteiger partial charge in [-0.3, -0.25) is 4.79 Å². The van der Waals surface area contributed by atoms with Crippen LogP contribution in [0.1, 0.15) is 25.7 Å². The van der Waals surface area contributed by atoms with Crippen molar-refractivity contribution in [1.29, 1.82) is 0 Å². The van der Waals surface area contributed by atoms with Crippen molar-refractivity contribution in [3.05, 3.63) is 0 Å². The molecule has 87 valence electrons. The van der Waals surface area contributed by atoms with Gasteiger partial charge in [0.1, 0.15) is 5.54 Å². The largest absolute Gasteiger partial charge is 0.480 e. The van der Waals surface area contributed by atoms with E-state index in [0.717, 1.165) is 12.8 Å². The Morgan fingerprint density at radius 2 is 1.60 bits per heavy atom. The van der Waals surface area contributed by atoms with E-state index >= 15 is 0 Å². The van der Waals surface area contributed by atoms with Crippen LogP contribution in [0, 0.1) is 44.1 Å². The van der Waals surface area contributed by atoms with E-state index < -0.39 is 11.5 Å². The van der Waals surface area contributed by atoms with Crippen LogP contribution in [0.5, 0.6) is 0 Å². The fourth-order valence-electron chi connectivity index (χ4n) is 0.667. The van der Waals surface area contributed by atoms with E-state index in [9.17, 15) is 4.79 Å². The summed E-state index contributed by atoms with van der Waals surface area (Å²) in [7, 11) is 0. The van der Waals surface area contributed by atoms with Gasteiger partial charge in [-0.1, -0.05) is 0 Å². The Morgan fingerprint density at radius 1 is 1.20 bits per heavy atom. The Kier molecular flexibility index (Phi) is 7.83. The average Bonchev–Trinajstić information content (AvgIpc) is 2.94. The molecule has 0 aromatic carbocycles. The van der Waals surface area contributed by atoms with Crippen molar-refractivity contribution < 1.29 is 64.5 Å². The van der Waals surface area contributed by atoms with Gasteiger partial charge in [0.25, 0.3) is 0 Å². The number of carbonyl (C=O) groups is 1. The van der Waals surface area contributed by atoms with Crippen LogP contribution in [-0.2, 0) is 4.79 Å². The third-order valence-corrected chi connectivity index (χ3v) is 2.42. The van der Waals surface area contributed by atoms with Crippen LogP contribution in [0.3, 0.4) is 0 Å². The SMILES string of the molecule is NC1(C(=O)O)CC1.NC1(CO)CC1.O.[Ac]. The van der Waals surface area contributed by atoms with Crippen molar-refractivity contribution in [3.8, 4) is 0 Å². The second-order valence-corrected chi connectivity index (χ2v) is 3.98. The number of rotatable bonds is 2. The second kappa shape index (κ2) is 6.48. The molecule has 15 heavy (non-hydrogen) atoms. The minimum Gasteiger partial charge on any atom is -0.480 e. The summed E-state index contributed by atoms with van der Waals surface area (Å²) in [5.41, 5.74) is 9.60. The molecule has 2 aliphatic carbocycles. The maximum absolute atomic E-state index is 9.96. The van der Waals surface area contributed by atoms with Crippen LogP contribution in [-0.4, -0.2) is 39.3 Å². The van der Waals surface area contributed by atoms with Crippen molar-refractivity contribution in [1.82, 2.24) is 0 Å². The van der Waals surface area contributed by atoms with E-state index in [-0.39, 0.29) is 61.7 Å². The number of hydrogen-bond donors (Lipinski definition) is 4. The van der Waals surface area contributed by atoms with Gasteiger partial charge in [0.15, 0.2) is 0 Å². The fraction of sp³-hybridized carbons (Fsp3) is 0.875. The van der Waals surface area contributed by atoms with Crippen LogP contribution >= 0.6 is 0 Å². The van der Waals surface area contributed by atoms with Crippen molar-refractivity contribution in [2.45, 2.75) is 36.8 Å². The maximum Gasteiger partial charge on any atom is 0.323 e. The van der Waals surface area contributed by atoms with E-state index in [2.05, 4.69) is 0 Å². The predicted octanol–water partition coefficient (Wildman–Crippen LogP) is -1.79. The Balaban J connectivity index is 0. The van der Waals surface area contributed by atoms with Crippen molar-refractivity contribution in [2.24, 2.45) is 11.5 Å². The topological polar surface area (TPSA) is 141 Å². The summed E-state index contributed by atoms with van der Waals surface area (Å²) >= 11 is 0. The Labute approximate surface area is 124 Å². The monoisotopic (exact) mass is 433 g/mol. The van der Waals surface area contributed by atoms with Gasteiger partial charge < -0.3 is 27.2 Å². The zero-order valence-corrected chi connectivity index (χ0v) is 13.3. The molecule has 0 unspecified atom stereocenters. The van der Waals surface area contributed by atoms with Crippen LogP contribution in [0.25, 0.3) is 0 Å². The Bertz CT molecular complexity index is 217. The molecule has 7 heteroatoms. The second-order valence-electron chi connectivity index (χ2n) is 3.98. The molecule has 0 heterocycles. The van der Waals surface area contributed by atoms with Gasteiger partial charge in [-0.15, -0.1) is 0 Å². The predicted molar refractivity (Wildman–Crippen MR) is 50.6 cm³/mol. The molecule has 2 saturated carbocycles. The van der Waals surface area contributed by atoms with Gasteiger partial charge >= 0.3 is 5.97 Å². The van der Waals surface area contributed by atoms with Gasteiger partial charge in [-0.05, 0) is 25.7 Å². The number of aliphatic hydroxyl groups excluding tert-OH is 1. The minimum absolute atomic E-state index is 0. The van der Waals surface area contributed by atoms with Crippen LogP contribution in [0.2, 0.25) is 0 Å². The standard InChI is InChI=1S/C4H7NO2.C4H9NO.Ac.H2O/c5-4(1-2-4)3(6)7;5-4(3-6)1-2-4;;/h1-2,5H2,(H,6,7);6H,1-3,5H2;;1H2. The van der Waals surface area contributed by atoms with Crippen molar-refractivity contribution in [3.63, 3.8) is 0 Å². The first-order valence-electron chi connectivity index (χ1n) is 4.34. The van der Waals surface area contributed by atoms with E-state index in [4.69, 9.17) is 21.7 Å². The van der Waals surface area contributed by atoms with Gasteiger partial charge in [0.2, 0.25) is 0 Å². The first-order chi connectivity index (χ1) is 5.92. The first-order valence-corrected chi connectivity index (χ1v) is 4.34. The number of aliphatic hydroxyl groups is 1. The third-order valence-electron chi connectivity index (χ3n) is 2.42. The molecule has 6 nitrogen and oxygen atoms in total. The molecular weight excluding hydrogens is 415 g/mol. The summed E-state index contributed by atoms with van der Waals surface area (Å²) in [4.78, 5) is 9.96. The summed E-state index contributed by atoms with van der Waals surface area (Å²) in [6, 6.07) is 0. The Hall–Kier alpha value is 0.752. The number of hydrogen-bond acceptors (Lipinski definition) is 4. The third kappa shape index (κ3) is 6.15. The zero-order valence-electron chi connectivity index (χ0n) is 8.57. The van der Waals surface area contributed by atoms with E-state index in [1.807, 2.05) is 0 Å². The summed E-state index contributed by atoms with van der Waals surface area (Å²) in [5, 5.41) is 16.5. The molecule has 0 bridgehead atoms. The fourth-order valence-corrected chi connectivity index (χ4v) is 0.667. The van der Waals surface area contributed by atoms with Gasteiger partial charge in [-0.2, -0.15) is 0 Å². The normalized spacial score (nSPS) is 22.1. The molecule has 0 atom stereocenters. The number of aliphatic carboxylic acids is 1. The Morgan fingerprint density at radius 3 is 1.60 bits per heavy atom. The van der Waals surface area contributed by atoms with Gasteiger partial charge in [0, 0.05) is 49.6 Å². The van der Waals surface area contributed by atoms with E-state index in [1.165, 1.54) is 0 Å². The number of nitrogens with two attached hydrogens (primary N) is 2. The van der Waals surface area contributed by atoms with Gasteiger partial charge in [-0.25, -0.2) is 0 Å². The summed E-state index contributed by atoms with van der Waals surface area (Å²) in [6.45, 7) is 0.160. The van der Waals surface area contributed by atoms with Crippen LogP contribution in [0.15, 0.2) is 0 Å². The number of carboxylic acid groups (broad SMARTS) is 1. The molecule has 0 aromatic heterocycles.